The Labute approximate surface area is 144 Å². The Bertz CT molecular complexity index is 769. The van der Waals surface area contributed by atoms with Crippen molar-refractivity contribution in [1.82, 2.24) is 10.5 Å². The van der Waals surface area contributed by atoms with Gasteiger partial charge < -0.3 is 19.9 Å². The van der Waals surface area contributed by atoms with Crippen LogP contribution >= 0.6 is 0 Å². The van der Waals surface area contributed by atoms with Gasteiger partial charge >= 0.3 is 5.97 Å². The number of ether oxygens (including phenoxy) is 1. The summed E-state index contributed by atoms with van der Waals surface area (Å²) in [6.07, 6.45) is 0.778. The van der Waals surface area contributed by atoms with Gasteiger partial charge in [-0.25, -0.2) is 4.79 Å². The first-order chi connectivity index (χ1) is 12.0. The van der Waals surface area contributed by atoms with Gasteiger partial charge in [-0.3, -0.25) is 9.59 Å². The summed E-state index contributed by atoms with van der Waals surface area (Å²) >= 11 is 0. The highest BCUT2D eigenvalue weighted by Gasteiger charge is 2.15. The van der Waals surface area contributed by atoms with Crippen LogP contribution in [-0.4, -0.2) is 36.1 Å². The maximum absolute atomic E-state index is 11.9. The largest absolute Gasteiger partial charge is 0.450 e. The lowest BCUT2D eigenvalue weighted by Gasteiger charge is -2.10. The molecular weight excluding hydrogens is 326 g/mol. The van der Waals surface area contributed by atoms with Crippen molar-refractivity contribution in [2.75, 3.05) is 18.5 Å². The van der Waals surface area contributed by atoms with Crippen LogP contribution in [0.25, 0.3) is 0 Å². The number of aryl methyl sites for hydroxylation is 2. The van der Waals surface area contributed by atoms with Crippen molar-refractivity contribution in [2.24, 2.45) is 0 Å². The third-order valence-corrected chi connectivity index (χ3v) is 3.28. The van der Waals surface area contributed by atoms with E-state index < -0.39 is 18.5 Å². The van der Waals surface area contributed by atoms with Crippen LogP contribution in [-0.2, 0) is 20.7 Å². The van der Waals surface area contributed by atoms with E-state index in [1.165, 1.54) is 6.07 Å². The molecule has 8 heteroatoms. The Balaban J connectivity index is 1.74. The molecule has 0 aliphatic carbocycles. The number of amides is 2. The van der Waals surface area contributed by atoms with Gasteiger partial charge in [-0.1, -0.05) is 30.3 Å². The molecule has 0 aliphatic heterocycles. The Hall–Kier alpha value is -3.16. The quantitative estimate of drug-likeness (QED) is 0.735. The van der Waals surface area contributed by atoms with Gasteiger partial charge in [-0.2, -0.15) is 0 Å². The zero-order valence-corrected chi connectivity index (χ0v) is 14.0. The molecule has 2 N–H and O–H groups in total. The second kappa shape index (κ2) is 8.62. The minimum atomic E-state index is -0.794. The highest BCUT2D eigenvalue weighted by molar-refractivity contribution is 5.95. The fraction of sp³-hybridized carbons (Fsp3) is 0.294. The van der Waals surface area contributed by atoms with E-state index in [1.807, 2.05) is 25.1 Å². The lowest BCUT2D eigenvalue weighted by Crippen LogP contribution is -2.35. The van der Waals surface area contributed by atoms with Crippen molar-refractivity contribution in [3.8, 4) is 0 Å². The number of benzene rings is 1. The van der Waals surface area contributed by atoms with Crippen LogP contribution in [0.2, 0.25) is 0 Å². The first-order valence-corrected chi connectivity index (χ1v) is 7.74. The molecule has 0 saturated carbocycles. The molecule has 132 valence electrons. The summed E-state index contributed by atoms with van der Waals surface area (Å²) in [5, 5.41) is 8.65. The van der Waals surface area contributed by atoms with E-state index in [2.05, 4.69) is 15.8 Å². The topological polar surface area (TPSA) is 111 Å². The third-order valence-electron chi connectivity index (χ3n) is 3.28. The molecule has 1 aromatic heterocycles. The molecule has 0 saturated heterocycles. The van der Waals surface area contributed by atoms with Crippen LogP contribution in [0, 0.1) is 6.92 Å². The molecule has 1 aromatic carbocycles. The summed E-state index contributed by atoms with van der Waals surface area (Å²) in [6, 6.07) is 8.82. The molecule has 1 heterocycles. The Kier molecular flexibility index (Phi) is 6.27. The minimum absolute atomic E-state index is 0.0841. The number of hydrogen-bond donors (Lipinski definition) is 2. The van der Waals surface area contributed by atoms with Gasteiger partial charge in [0, 0.05) is 11.8 Å². The zero-order valence-electron chi connectivity index (χ0n) is 14.0. The van der Waals surface area contributed by atoms with E-state index >= 15 is 0 Å². The molecule has 2 aromatic rings. The van der Waals surface area contributed by atoms with Crippen molar-refractivity contribution >= 4 is 23.5 Å². The third kappa shape index (κ3) is 5.45. The summed E-state index contributed by atoms with van der Waals surface area (Å²) in [5.74, 6) is -1.84. The number of para-hydroxylation sites is 1. The summed E-state index contributed by atoms with van der Waals surface area (Å²) in [4.78, 5) is 35.1. The number of nitrogens with one attached hydrogen (secondary N) is 2. The van der Waals surface area contributed by atoms with Gasteiger partial charge in [0.25, 0.3) is 5.91 Å². The van der Waals surface area contributed by atoms with Crippen molar-refractivity contribution in [2.45, 2.75) is 20.3 Å². The number of carbonyl (C=O) groups excluding carboxylic acids is 3. The first-order valence-electron chi connectivity index (χ1n) is 7.74. The normalized spacial score (nSPS) is 10.2. The number of carbonyl (C=O) groups is 3. The predicted octanol–water partition coefficient (Wildman–Crippen LogP) is 1.46. The maximum Gasteiger partial charge on any atom is 0.377 e. The number of rotatable bonds is 7. The molecule has 2 amide bonds. The van der Waals surface area contributed by atoms with E-state index in [4.69, 9.17) is 9.26 Å². The zero-order chi connectivity index (χ0) is 18.2. The number of aromatic nitrogens is 1. The lowest BCUT2D eigenvalue weighted by molar-refractivity contribution is -0.126. The Morgan fingerprint density at radius 2 is 1.96 bits per heavy atom. The molecule has 0 bridgehead atoms. The van der Waals surface area contributed by atoms with E-state index in [0.29, 0.717) is 11.4 Å². The second-order valence-corrected chi connectivity index (χ2v) is 5.24. The van der Waals surface area contributed by atoms with Crippen LogP contribution in [0.15, 0.2) is 34.9 Å². The van der Waals surface area contributed by atoms with Gasteiger partial charge in [0.05, 0.1) is 12.2 Å². The van der Waals surface area contributed by atoms with E-state index in [-0.39, 0.29) is 18.2 Å². The van der Waals surface area contributed by atoms with Crippen LogP contribution in [0.1, 0.15) is 28.7 Å². The Morgan fingerprint density at radius 1 is 1.20 bits per heavy atom. The van der Waals surface area contributed by atoms with Crippen LogP contribution in [0.5, 0.6) is 0 Å². The molecule has 0 radical (unpaired) electrons. The van der Waals surface area contributed by atoms with Gasteiger partial charge in [0.1, 0.15) is 0 Å². The van der Waals surface area contributed by atoms with E-state index in [1.54, 1.807) is 13.0 Å². The first kappa shape index (κ1) is 18.2. The van der Waals surface area contributed by atoms with Crippen LogP contribution in [0.3, 0.4) is 0 Å². The number of esters is 1. The van der Waals surface area contributed by atoms with Gasteiger partial charge in [-0.05, 0) is 25.0 Å². The average Bonchev–Trinajstić information content (AvgIpc) is 3.05. The summed E-state index contributed by atoms with van der Waals surface area (Å²) < 4.78 is 9.50. The Morgan fingerprint density at radius 3 is 2.64 bits per heavy atom. The fourth-order valence-electron chi connectivity index (χ4n) is 2.04. The van der Waals surface area contributed by atoms with Gasteiger partial charge in [0.15, 0.2) is 6.61 Å². The molecule has 2 rings (SSSR count). The van der Waals surface area contributed by atoms with Crippen LogP contribution in [0.4, 0.5) is 5.69 Å². The molecule has 0 fully saturated rings. The molecule has 0 aliphatic rings. The fourth-order valence-corrected chi connectivity index (χ4v) is 2.04. The van der Waals surface area contributed by atoms with E-state index in [9.17, 15) is 14.4 Å². The molecule has 8 nitrogen and oxygen atoms in total. The standard InChI is InChI=1S/C17H19N3O5/c1-3-12-6-4-5-7-13(12)19-15(21)9-18-16(22)10-24-17(23)14-8-11(2)20-25-14/h4-8H,3,9-10H2,1-2H3,(H,18,22)(H,19,21). The second-order valence-electron chi connectivity index (χ2n) is 5.24. The molecule has 0 spiro atoms. The van der Waals surface area contributed by atoms with E-state index in [0.717, 1.165) is 12.0 Å². The van der Waals surface area contributed by atoms with Crippen LogP contribution < -0.4 is 10.6 Å². The molecule has 0 atom stereocenters. The van der Waals surface area contributed by atoms with Gasteiger partial charge in [-0.15, -0.1) is 0 Å². The maximum atomic E-state index is 11.9. The molecular formula is C17H19N3O5. The SMILES string of the molecule is CCc1ccccc1NC(=O)CNC(=O)COC(=O)c1cc(C)no1. The minimum Gasteiger partial charge on any atom is -0.450 e. The summed E-state index contributed by atoms with van der Waals surface area (Å²) in [6.45, 7) is 2.90. The smallest absolute Gasteiger partial charge is 0.377 e. The highest BCUT2D eigenvalue weighted by atomic mass is 16.6. The summed E-state index contributed by atoms with van der Waals surface area (Å²) in [7, 11) is 0. The average molecular weight is 345 g/mol. The van der Waals surface area contributed by atoms with Gasteiger partial charge in [0.2, 0.25) is 11.7 Å². The van der Waals surface area contributed by atoms with Crippen molar-refractivity contribution in [1.29, 1.82) is 0 Å². The molecule has 0 unspecified atom stereocenters. The number of anilines is 1. The highest BCUT2D eigenvalue weighted by Crippen LogP contribution is 2.14. The van der Waals surface area contributed by atoms with Crippen molar-refractivity contribution in [3.63, 3.8) is 0 Å². The number of nitrogens with zero attached hydrogens (tertiary/aromatic N) is 1. The van der Waals surface area contributed by atoms with Crippen molar-refractivity contribution in [3.05, 3.63) is 47.3 Å². The molecule has 25 heavy (non-hydrogen) atoms. The number of hydrogen-bond acceptors (Lipinski definition) is 6. The van der Waals surface area contributed by atoms with Crippen molar-refractivity contribution < 1.29 is 23.6 Å². The predicted molar refractivity (Wildman–Crippen MR) is 89.0 cm³/mol. The monoisotopic (exact) mass is 345 g/mol. The lowest BCUT2D eigenvalue weighted by atomic mass is 10.1. The summed E-state index contributed by atoms with van der Waals surface area (Å²) in [5.41, 5.74) is 2.23.